The van der Waals surface area contributed by atoms with Crippen molar-refractivity contribution in [2.45, 2.75) is 32.1 Å². The molecule has 0 aromatic heterocycles. The van der Waals surface area contributed by atoms with Crippen LogP contribution in [0.2, 0.25) is 0 Å². The number of carbonyl (C=O) groups is 2. The fourth-order valence-corrected chi connectivity index (χ4v) is 2.13. The minimum Gasteiger partial charge on any atom is -0.480 e. The first-order valence-electron chi connectivity index (χ1n) is 7.13. The van der Waals surface area contributed by atoms with E-state index in [-0.39, 0.29) is 19.6 Å². The van der Waals surface area contributed by atoms with Crippen molar-refractivity contribution in [3.05, 3.63) is 35.9 Å². The lowest BCUT2D eigenvalue weighted by Gasteiger charge is -2.27. The van der Waals surface area contributed by atoms with E-state index < -0.39 is 17.4 Å². The molecule has 1 unspecified atom stereocenters. The third-order valence-electron chi connectivity index (χ3n) is 3.23. The first kappa shape index (κ1) is 17.2. The lowest BCUT2D eigenvalue weighted by molar-refractivity contribution is -0.162. The van der Waals surface area contributed by atoms with Crippen LogP contribution in [0.1, 0.15) is 32.3 Å². The highest BCUT2D eigenvalue weighted by molar-refractivity contribution is 6.05. The van der Waals surface area contributed by atoms with Crippen LogP contribution in [0, 0.1) is 0 Å². The summed E-state index contributed by atoms with van der Waals surface area (Å²) in [6.45, 7) is 4.48. The van der Waals surface area contributed by atoms with Gasteiger partial charge in [-0.05, 0) is 18.9 Å². The number of hydrogen-bond acceptors (Lipinski definition) is 4. The molecule has 1 atom stereocenters. The summed E-state index contributed by atoms with van der Waals surface area (Å²) in [6.07, 6.45) is 0.885. The molecule has 1 aromatic rings. The minimum atomic E-state index is -1.72. The van der Waals surface area contributed by atoms with E-state index in [1.165, 1.54) is 0 Å². The van der Waals surface area contributed by atoms with Gasteiger partial charge in [-0.3, -0.25) is 9.59 Å². The standard InChI is InChI=1S/C16H22O5/c1-3-11-20-12-10-16(14(17)18,15(19)21-4-2)13-8-6-5-7-9-13/h5-9H,3-4,10-12H2,1-2H3,(H,17,18). The van der Waals surface area contributed by atoms with E-state index in [0.29, 0.717) is 12.2 Å². The van der Waals surface area contributed by atoms with Crippen molar-refractivity contribution in [1.82, 2.24) is 0 Å². The lowest BCUT2D eigenvalue weighted by Crippen LogP contribution is -2.46. The average molecular weight is 294 g/mol. The third-order valence-corrected chi connectivity index (χ3v) is 3.23. The zero-order valence-electron chi connectivity index (χ0n) is 12.5. The van der Waals surface area contributed by atoms with Gasteiger partial charge in [0.25, 0.3) is 0 Å². The highest BCUT2D eigenvalue weighted by Gasteiger charge is 2.49. The Balaban J connectivity index is 3.11. The Morgan fingerprint density at radius 3 is 2.33 bits per heavy atom. The Labute approximate surface area is 124 Å². The predicted octanol–water partition coefficient (Wildman–Crippen LogP) is 2.39. The zero-order chi connectivity index (χ0) is 15.7. The Morgan fingerprint density at radius 2 is 1.81 bits per heavy atom. The van der Waals surface area contributed by atoms with Crippen molar-refractivity contribution in [3.63, 3.8) is 0 Å². The van der Waals surface area contributed by atoms with Crippen molar-refractivity contribution in [3.8, 4) is 0 Å². The molecule has 5 heteroatoms. The van der Waals surface area contributed by atoms with Gasteiger partial charge in [0.2, 0.25) is 0 Å². The zero-order valence-corrected chi connectivity index (χ0v) is 12.5. The number of rotatable bonds is 9. The van der Waals surface area contributed by atoms with Crippen LogP contribution in [0.4, 0.5) is 0 Å². The molecule has 0 fully saturated rings. The number of hydrogen-bond donors (Lipinski definition) is 1. The molecule has 1 rings (SSSR count). The van der Waals surface area contributed by atoms with E-state index >= 15 is 0 Å². The van der Waals surface area contributed by atoms with E-state index in [1.807, 2.05) is 6.92 Å². The molecule has 5 nitrogen and oxygen atoms in total. The van der Waals surface area contributed by atoms with Gasteiger partial charge in [0.1, 0.15) is 0 Å². The van der Waals surface area contributed by atoms with Gasteiger partial charge in [-0.2, -0.15) is 0 Å². The van der Waals surface area contributed by atoms with Gasteiger partial charge in [0, 0.05) is 19.6 Å². The van der Waals surface area contributed by atoms with E-state index in [1.54, 1.807) is 37.3 Å². The monoisotopic (exact) mass is 294 g/mol. The second-order valence-corrected chi connectivity index (χ2v) is 4.66. The fourth-order valence-electron chi connectivity index (χ4n) is 2.13. The highest BCUT2D eigenvalue weighted by Crippen LogP contribution is 2.30. The molecule has 21 heavy (non-hydrogen) atoms. The first-order chi connectivity index (χ1) is 10.1. The molecule has 116 valence electrons. The summed E-state index contributed by atoms with van der Waals surface area (Å²) < 4.78 is 10.4. The normalized spacial score (nSPS) is 13.4. The molecule has 0 saturated heterocycles. The molecular formula is C16H22O5. The number of benzene rings is 1. The average Bonchev–Trinajstić information content (AvgIpc) is 2.48. The van der Waals surface area contributed by atoms with Crippen molar-refractivity contribution >= 4 is 11.9 Å². The topological polar surface area (TPSA) is 72.8 Å². The molecule has 0 aliphatic rings. The quantitative estimate of drug-likeness (QED) is 0.430. The molecule has 1 aromatic carbocycles. The van der Waals surface area contributed by atoms with E-state index in [4.69, 9.17) is 9.47 Å². The van der Waals surface area contributed by atoms with Gasteiger partial charge in [-0.25, -0.2) is 0 Å². The van der Waals surface area contributed by atoms with Gasteiger partial charge in [-0.1, -0.05) is 37.3 Å². The second kappa shape index (κ2) is 8.42. The summed E-state index contributed by atoms with van der Waals surface area (Å²) in [7, 11) is 0. The van der Waals surface area contributed by atoms with E-state index in [9.17, 15) is 14.7 Å². The van der Waals surface area contributed by atoms with Gasteiger partial charge >= 0.3 is 11.9 Å². The number of carboxylic acid groups (broad SMARTS) is 1. The minimum absolute atomic E-state index is 0.0468. The highest BCUT2D eigenvalue weighted by atomic mass is 16.5. The molecule has 0 saturated carbocycles. The maximum atomic E-state index is 12.3. The number of aliphatic carboxylic acids is 1. The molecule has 0 radical (unpaired) electrons. The molecule has 1 N–H and O–H groups in total. The maximum absolute atomic E-state index is 12.3. The largest absolute Gasteiger partial charge is 0.480 e. The maximum Gasteiger partial charge on any atom is 0.328 e. The summed E-state index contributed by atoms with van der Waals surface area (Å²) in [6, 6.07) is 8.45. The van der Waals surface area contributed by atoms with Crippen LogP contribution in [-0.4, -0.2) is 36.9 Å². The third kappa shape index (κ3) is 4.04. The number of esters is 1. The van der Waals surface area contributed by atoms with Crippen LogP contribution in [0.25, 0.3) is 0 Å². The lowest BCUT2D eigenvalue weighted by atomic mass is 9.77. The number of carboxylic acids is 1. The Hall–Kier alpha value is -1.88. The van der Waals surface area contributed by atoms with Crippen LogP contribution < -0.4 is 0 Å². The molecule has 0 aliphatic heterocycles. The molecule has 0 amide bonds. The van der Waals surface area contributed by atoms with Crippen molar-refractivity contribution in [2.75, 3.05) is 19.8 Å². The molecule has 0 aliphatic carbocycles. The summed E-state index contributed by atoms with van der Waals surface area (Å²) in [4.78, 5) is 24.2. The van der Waals surface area contributed by atoms with Gasteiger partial charge in [0.05, 0.1) is 6.61 Å². The second-order valence-electron chi connectivity index (χ2n) is 4.66. The van der Waals surface area contributed by atoms with Crippen LogP contribution in [-0.2, 0) is 24.5 Å². The summed E-state index contributed by atoms with van der Waals surface area (Å²) in [5.74, 6) is -1.96. The SMILES string of the molecule is CCCOCCC(C(=O)O)(C(=O)OCC)c1ccccc1. The van der Waals surface area contributed by atoms with Crippen LogP contribution in [0.5, 0.6) is 0 Å². The van der Waals surface area contributed by atoms with E-state index in [2.05, 4.69) is 0 Å². The fraction of sp³-hybridized carbons (Fsp3) is 0.500. The Kier molecular flexibility index (Phi) is 6.88. The van der Waals surface area contributed by atoms with Crippen molar-refractivity contribution in [1.29, 1.82) is 0 Å². The molecule has 0 heterocycles. The first-order valence-corrected chi connectivity index (χ1v) is 7.13. The number of carbonyl (C=O) groups excluding carboxylic acids is 1. The Bertz CT molecular complexity index is 457. The van der Waals surface area contributed by atoms with Crippen molar-refractivity contribution in [2.24, 2.45) is 0 Å². The summed E-state index contributed by atoms with van der Waals surface area (Å²) in [5.41, 5.74) is -1.30. The predicted molar refractivity (Wildman–Crippen MR) is 78.1 cm³/mol. The molecule has 0 bridgehead atoms. The van der Waals surface area contributed by atoms with Crippen LogP contribution in [0.3, 0.4) is 0 Å². The van der Waals surface area contributed by atoms with Crippen LogP contribution >= 0.6 is 0 Å². The van der Waals surface area contributed by atoms with Crippen LogP contribution in [0.15, 0.2) is 30.3 Å². The smallest absolute Gasteiger partial charge is 0.328 e. The van der Waals surface area contributed by atoms with Crippen molar-refractivity contribution < 1.29 is 24.2 Å². The molecular weight excluding hydrogens is 272 g/mol. The summed E-state index contributed by atoms with van der Waals surface area (Å²) in [5, 5.41) is 9.67. The van der Waals surface area contributed by atoms with Gasteiger partial charge < -0.3 is 14.6 Å². The van der Waals surface area contributed by atoms with Gasteiger partial charge in [0.15, 0.2) is 5.41 Å². The summed E-state index contributed by atoms with van der Waals surface area (Å²) >= 11 is 0. The number of ether oxygens (including phenoxy) is 2. The van der Waals surface area contributed by atoms with Gasteiger partial charge in [-0.15, -0.1) is 0 Å². The Morgan fingerprint density at radius 1 is 1.14 bits per heavy atom. The molecule has 0 spiro atoms. The van der Waals surface area contributed by atoms with E-state index in [0.717, 1.165) is 6.42 Å².